The van der Waals surface area contributed by atoms with Gasteiger partial charge in [-0.05, 0) is 24.1 Å². The first-order valence-electron chi connectivity index (χ1n) is 5.20. The van der Waals surface area contributed by atoms with Crippen molar-refractivity contribution in [3.05, 3.63) is 35.5 Å². The molecule has 0 saturated carbocycles. The average Bonchev–Trinajstić information content (AvgIpc) is 2.97. The second-order valence-corrected chi connectivity index (χ2v) is 4.94. The lowest BCUT2D eigenvalue weighted by Crippen LogP contribution is -1.94. The minimum atomic E-state index is -1.07. The SMILES string of the molecule is O=C(O)c1cc(-c2ccc3c(c2)CCS3)on1. The Morgan fingerprint density at radius 1 is 1.41 bits per heavy atom. The number of nitrogens with zero attached hydrogens (tertiary/aromatic N) is 1. The van der Waals surface area contributed by atoms with E-state index in [0.29, 0.717) is 5.76 Å². The number of benzene rings is 1. The first kappa shape index (κ1) is 10.4. The number of carboxylic acid groups (broad SMARTS) is 1. The maximum atomic E-state index is 10.7. The van der Waals surface area contributed by atoms with Gasteiger partial charge < -0.3 is 9.63 Å². The maximum absolute atomic E-state index is 10.7. The number of rotatable bonds is 2. The molecule has 2 aromatic rings. The van der Waals surface area contributed by atoms with Crippen molar-refractivity contribution in [3.63, 3.8) is 0 Å². The summed E-state index contributed by atoms with van der Waals surface area (Å²) in [5.74, 6) is 0.536. The fourth-order valence-electron chi connectivity index (χ4n) is 1.85. The summed E-state index contributed by atoms with van der Waals surface area (Å²) in [6, 6.07) is 7.47. The third kappa shape index (κ3) is 1.82. The summed E-state index contributed by atoms with van der Waals surface area (Å²) < 4.78 is 5.03. The lowest BCUT2D eigenvalue weighted by atomic mass is 10.1. The van der Waals surface area contributed by atoms with E-state index in [1.165, 1.54) is 16.5 Å². The van der Waals surface area contributed by atoms with Gasteiger partial charge in [-0.15, -0.1) is 11.8 Å². The second-order valence-electron chi connectivity index (χ2n) is 3.80. The molecule has 1 N–H and O–H groups in total. The smallest absolute Gasteiger partial charge is 0.358 e. The summed E-state index contributed by atoms with van der Waals surface area (Å²) in [5, 5.41) is 12.3. The average molecular weight is 247 g/mol. The van der Waals surface area contributed by atoms with Crippen molar-refractivity contribution in [3.8, 4) is 11.3 Å². The molecule has 0 fully saturated rings. The van der Waals surface area contributed by atoms with E-state index >= 15 is 0 Å². The summed E-state index contributed by atoms with van der Waals surface area (Å²) in [4.78, 5) is 12.0. The molecule has 5 heteroatoms. The van der Waals surface area contributed by atoms with Gasteiger partial charge in [-0.3, -0.25) is 0 Å². The third-order valence-corrected chi connectivity index (χ3v) is 3.82. The number of carboxylic acids is 1. The van der Waals surface area contributed by atoms with Crippen LogP contribution in [0.5, 0.6) is 0 Å². The fourth-order valence-corrected chi connectivity index (χ4v) is 2.90. The lowest BCUT2D eigenvalue weighted by molar-refractivity contribution is 0.0686. The number of thioether (sulfide) groups is 1. The van der Waals surface area contributed by atoms with E-state index in [-0.39, 0.29) is 5.69 Å². The number of carbonyl (C=O) groups is 1. The summed E-state index contributed by atoms with van der Waals surface area (Å²) in [7, 11) is 0. The van der Waals surface area contributed by atoms with E-state index in [4.69, 9.17) is 9.63 Å². The third-order valence-electron chi connectivity index (χ3n) is 2.70. The van der Waals surface area contributed by atoms with Gasteiger partial charge in [0.2, 0.25) is 0 Å². The molecule has 0 bridgehead atoms. The minimum absolute atomic E-state index is 0.0603. The summed E-state index contributed by atoms with van der Waals surface area (Å²) >= 11 is 1.84. The van der Waals surface area contributed by atoms with Crippen LogP contribution in [0.2, 0.25) is 0 Å². The largest absolute Gasteiger partial charge is 0.476 e. The van der Waals surface area contributed by atoms with E-state index < -0.39 is 5.97 Å². The van der Waals surface area contributed by atoms with Gasteiger partial charge in [0.05, 0.1) is 0 Å². The van der Waals surface area contributed by atoms with Gasteiger partial charge in [-0.1, -0.05) is 11.2 Å². The Labute approximate surface area is 102 Å². The van der Waals surface area contributed by atoms with Gasteiger partial charge in [0, 0.05) is 22.3 Å². The van der Waals surface area contributed by atoms with Crippen LogP contribution in [0.15, 0.2) is 33.7 Å². The number of aromatic carboxylic acids is 1. The van der Waals surface area contributed by atoms with Crippen molar-refractivity contribution in [2.45, 2.75) is 11.3 Å². The molecule has 3 rings (SSSR count). The normalized spacial score (nSPS) is 13.6. The predicted molar refractivity (Wildman–Crippen MR) is 63.3 cm³/mol. The highest BCUT2D eigenvalue weighted by Crippen LogP contribution is 2.34. The molecule has 86 valence electrons. The Kier molecular flexibility index (Phi) is 2.40. The molecule has 17 heavy (non-hydrogen) atoms. The van der Waals surface area contributed by atoms with E-state index in [1.807, 2.05) is 30.0 Å². The van der Waals surface area contributed by atoms with Gasteiger partial charge in [0.1, 0.15) is 0 Å². The summed E-state index contributed by atoms with van der Waals surface area (Å²) in [6.45, 7) is 0. The number of fused-ring (bicyclic) bond motifs is 1. The van der Waals surface area contributed by atoms with Gasteiger partial charge >= 0.3 is 5.97 Å². The monoisotopic (exact) mass is 247 g/mol. The van der Waals surface area contributed by atoms with Crippen molar-refractivity contribution < 1.29 is 14.4 Å². The van der Waals surface area contributed by atoms with E-state index in [0.717, 1.165) is 17.7 Å². The molecule has 1 aromatic carbocycles. The standard InChI is InChI=1S/C12H9NO3S/c14-12(15)9-6-10(16-13-9)7-1-2-11-8(5-7)3-4-17-11/h1-2,5-6H,3-4H2,(H,14,15). The fraction of sp³-hybridized carbons (Fsp3) is 0.167. The molecule has 1 aromatic heterocycles. The lowest BCUT2D eigenvalue weighted by Gasteiger charge is -2.00. The van der Waals surface area contributed by atoms with E-state index in [9.17, 15) is 4.79 Å². The zero-order chi connectivity index (χ0) is 11.8. The minimum Gasteiger partial charge on any atom is -0.476 e. The molecule has 0 aliphatic carbocycles. The van der Waals surface area contributed by atoms with E-state index in [2.05, 4.69) is 5.16 Å². The van der Waals surface area contributed by atoms with Crippen molar-refractivity contribution in [2.24, 2.45) is 0 Å². The van der Waals surface area contributed by atoms with Crippen LogP contribution >= 0.6 is 11.8 Å². The molecule has 0 spiro atoms. The van der Waals surface area contributed by atoms with Crippen LogP contribution in [0.3, 0.4) is 0 Å². The van der Waals surface area contributed by atoms with E-state index in [1.54, 1.807) is 0 Å². The molecule has 1 aliphatic rings. The highest BCUT2D eigenvalue weighted by atomic mass is 32.2. The highest BCUT2D eigenvalue weighted by molar-refractivity contribution is 7.99. The van der Waals surface area contributed by atoms with Crippen LogP contribution in [0, 0.1) is 0 Å². The second kappa shape index (κ2) is 3.92. The van der Waals surface area contributed by atoms with Crippen molar-refractivity contribution in [2.75, 3.05) is 5.75 Å². The zero-order valence-electron chi connectivity index (χ0n) is 8.84. The molecule has 1 aliphatic heterocycles. The highest BCUT2D eigenvalue weighted by Gasteiger charge is 2.15. The molecule has 0 saturated heterocycles. The van der Waals surface area contributed by atoms with Crippen LogP contribution in [0.4, 0.5) is 0 Å². The Bertz CT molecular complexity index is 591. The summed E-state index contributed by atoms with van der Waals surface area (Å²) in [6.07, 6.45) is 1.05. The molecule has 2 heterocycles. The van der Waals surface area contributed by atoms with Crippen molar-refractivity contribution in [1.29, 1.82) is 0 Å². The number of aryl methyl sites for hydroxylation is 1. The first-order valence-corrected chi connectivity index (χ1v) is 6.19. The molecule has 4 nitrogen and oxygen atoms in total. The van der Waals surface area contributed by atoms with Gasteiger partial charge in [-0.25, -0.2) is 4.79 Å². The Balaban J connectivity index is 2.00. The molecule has 0 atom stereocenters. The quantitative estimate of drug-likeness (QED) is 0.883. The Hall–Kier alpha value is -1.75. The molecule has 0 unspecified atom stereocenters. The summed E-state index contributed by atoms with van der Waals surface area (Å²) in [5.41, 5.74) is 2.11. The van der Waals surface area contributed by atoms with Gasteiger partial charge in [0.25, 0.3) is 0 Å². The number of aromatic nitrogens is 1. The predicted octanol–water partition coefficient (Wildman–Crippen LogP) is 2.69. The molecular weight excluding hydrogens is 238 g/mol. The molecule has 0 radical (unpaired) electrons. The van der Waals surface area contributed by atoms with Crippen LogP contribution in [-0.4, -0.2) is 22.0 Å². The van der Waals surface area contributed by atoms with Crippen molar-refractivity contribution >= 4 is 17.7 Å². The van der Waals surface area contributed by atoms with Crippen LogP contribution in [0.25, 0.3) is 11.3 Å². The maximum Gasteiger partial charge on any atom is 0.358 e. The Morgan fingerprint density at radius 3 is 3.06 bits per heavy atom. The first-order chi connectivity index (χ1) is 8.24. The van der Waals surface area contributed by atoms with Crippen molar-refractivity contribution in [1.82, 2.24) is 5.16 Å². The number of hydrogen-bond donors (Lipinski definition) is 1. The van der Waals surface area contributed by atoms with Crippen LogP contribution in [0.1, 0.15) is 16.1 Å². The van der Waals surface area contributed by atoms with Crippen LogP contribution < -0.4 is 0 Å². The van der Waals surface area contributed by atoms with Crippen LogP contribution in [-0.2, 0) is 6.42 Å². The number of hydrogen-bond acceptors (Lipinski definition) is 4. The van der Waals surface area contributed by atoms with Gasteiger partial charge in [0.15, 0.2) is 11.5 Å². The molecule has 0 amide bonds. The molecular formula is C12H9NO3S. The Morgan fingerprint density at radius 2 is 2.29 bits per heavy atom. The topological polar surface area (TPSA) is 63.3 Å². The van der Waals surface area contributed by atoms with Gasteiger partial charge in [-0.2, -0.15) is 0 Å². The zero-order valence-corrected chi connectivity index (χ0v) is 9.66.